The van der Waals surface area contributed by atoms with E-state index >= 15 is 0 Å². The van der Waals surface area contributed by atoms with Gasteiger partial charge in [0.25, 0.3) is 11.5 Å². The molecule has 2 aliphatic rings. The Balaban J connectivity index is 1.68. The number of likely N-dealkylation sites (tertiary alicyclic amines) is 1. The van der Waals surface area contributed by atoms with Crippen LogP contribution in [0.1, 0.15) is 61.1 Å². The summed E-state index contributed by atoms with van der Waals surface area (Å²) in [5.74, 6) is -0.246. The van der Waals surface area contributed by atoms with Gasteiger partial charge in [0, 0.05) is 37.7 Å². The van der Waals surface area contributed by atoms with Crippen LogP contribution in [0.4, 0.5) is 4.79 Å². The fourth-order valence-electron chi connectivity index (χ4n) is 4.22. The van der Waals surface area contributed by atoms with E-state index in [9.17, 15) is 14.4 Å². The van der Waals surface area contributed by atoms with E-state index in [4.69, 9.17) is 4.74 Å². The number of nitrogens with one attached hydrogen (secondary N) is 1. The number of amides is 2. The third-order valence-electron chi connectivity index (χ3n) is 5.78. The van der Waals surface area contributed by atoms with Crippen molar-refractivity contribution in [2.45, 2.75) is 65.0 Å². The standard InChI is InChI=1S/C20H29N3O4/c1-5-6-15(4)23-12-20(27-19(23)26)7-9-22(10-8-20)18(25)16-13(2)11-14(3)21-17(16)24/h11,15H,5-10,12H2,1-4H3,(H,21,24)/t15-/m0/s1. The van der Waals surface area contributed by atoms with Gasteiger partial charge in [0.05, 0.1) is 6.54 Å². The average molecular weight is 375 g/mol. The molecule has 2 aliphatic heterocycles. The number of carbonyl (C=O) groups excluding carboxylic acids is 2. The molecule has 0 saturated carbocycles. The van der Waals surface area contributed by atoms with Crippen molar-refractivity contribution in [3.05, 3.63) is 33.2 Å². The van der Waals surface area contributed by atoms with E-state index in [1.165, 1.54) is 0 Å². The van der Waals surface area contributed by atoms with Crippen molar-refractivity contribution >= 4 is 12.0 Å². The van der Waals surface area contributed by atoms with Crippen LogP contribution < -0.4 is 5.56 Å². The molecule has 2 amide bonds. The third kappa shape index (κ3) is 3.73. The Bertz CT molecular complexity index is 793. The maximum absolute atomic E-state index is 12.9. The lowest BCUT2D eigenvalue weighted by molar-refractivity contribution is 0.00300. The smallest absolute Gasteiger partial charge is 0.410 e. The molecule has 3 rings (SSSR count). The SMILES string of the molecule is CCC[C@H](C)N1CC2(CCN(C(=O)c3c(C)cc(C)[nH]c3=O)CC2)OC1=O. The number of rotatable bonds is 4. The average Bonchev–Trinajstić information content (AvgIpc) is 2.91. The van der Waals surface area contributed by atoms with E-state index in [-0.39, 0.29) is 29.2 Å². The summed E-state index contributed by atoms with van der Waals surface area (Å²) in [6.07, 6.45) is 2.92. The zero-order chi connectivity index (χ0) is 19.8. The van der Waals surface area contributed by atoms with Gasteiger partial charge in [-0.15, -0.1) is 0 Å². The molecular formula is C20H29N3O4. The highest BCUT2D eigenvalue weighted by Crippen LogP contribution is 2.35. The second kappa shape index (κ2) is 7.37. The zero-order valence-corrected chi connectivity index (χ0v) is 16.6. The molecule has 1 spiro atoms. The van der Waals surface area contributed by atoms with E-state index in [0.717, 1.165) is 18.5 Å². The van der Waals surface area contributed by atoms with E-state index in [2.05, 4.69) is 18.8 Å². The van der Waals surface area contributed by atoms with Gasteiger partial charge in [0.15, 0.2) is 0 Å². The van der Waals surface area contributed by atoms with Crippen LogP contribution in [0, 0.1) is 13.8 Å². The van der Waals surface area contributed by atoms with Gasteiger partial charge in [-0.2, -0.15) is 0 Å². The Morgan fingerprint density at radius 3 is 2.56 bits per heavy atom. The normalized spacial score (nSPS) is 20.1. The van der Waals surface area contributed by atoms with Crippen LogP contribution in [0.5, 0.6) is 0 Å². The molecule has 0 unspecified atom stereocenters. The molecule has 3 heterocycles. The molecular weight excluding hydrogens is 346 g/mol. The number of carbonyl (C=O) groups is 2. The fourth-order valence-corrected chi connectivity index (χ4v) is 4.22. The molecule has 1 aromatic rings. The monoisotopic (exact) mass is 375 g/mol. The summed E-state index contributed by atoms with van der Waals surface area (Å²) in [6.45, 7) is 9.28. The number of aromatic amines is 1. The number of hydrogen-bond acceptors (Lipinski definition) is 4. The molecule has 0 radical (unpaired) electrons. The van der Waals surface area contributed by atoms with Gasteiger partial charge in [0.1, 0.15) is 11.2 Å². The molecule has 148 valence electrons. The van der Waals surface area contributed by atoms with Crippen molar-refractivity contribution in [3.63, 3.8) is 0 Å². The van der Waals surface area contributed by atoms with Crippen LogP contribution in [-0.2, 0) is 4.74 Å². The first-order chi connectivity index (χ1) is 12.8. The molecule has 0 aliphatic carbocycles. The van der Waals surface area contributed by atoms with Gasteiger partial charge in [-0.1, -0.05) is 13.3 Å². The maximum atomic E-state index is 12.9. The van der Waals surface area contributed by atoms with Gasteiger partial charge < -0.3 is 19.5 Å². The van der Waals surface area contributed by atoms with Crippen LogP contribution in [0.2, 0.25) is 0 Å². The zero-order valence-electron chi connectivity index (χ0n) is 16.6. The minimum Gasteiger partial charge on any atom is -0.441 e. The number of hydrogen-bond donors (Lipinski definition) is 1. The summed E-state index contributed by atoms with van der Waals surface area (Å²) < 4.78 is 5.75. The number of aromatic nitrogens is 1. The number of H-pyrrole nitrogens is 1. The van der Waals surface area contributed by atoms with Gasteiger partial charge in [0.2, 0.25) is 0 Å². The van der Waals surface area contributed by atoms with Gasteiger partial charge in [-0.3, -0.25) is 9.59 Å². The lowest BCUT2D eigenvalue weighted by atomic mass is 9.90. The highest BCUT2D eigenvalue weighted by Gasteiger charge is 2.48. The van der Waals surface area contributed by atoms with Crippen LogP contribution in [-0.4, -0.2) is 58.1 Å². The number of aryl methyl sites for hydroxylation is 2. The first-order valence-electron chi connectivity index (χ1n) is 9.76. The van der Waals surface area contributed by atoms with Gasteiger partial charge in [-0.25, -0.2) is 4.79 Å². The minimum absolute atomic E-state index is 0.162. The Morgan fingerprint density at radius 2 is 1.96 bits per heavy atom. The second-order valence-corrected chi connectivity index (χ2v) is 7.95. The number of piperidine rings is 1. The molecule has 0 bridgehead atoms. The number of nitrogens with zero attached hydrogens (tertiary/aromatic N) is 2. The van der Waals surface area contributed by atoms with Crippen LogP contribution in [0.15, 0.2) is 10.9 Å². The minimum atomic E-state index is -0.509. The topological polar surface area (TPSA) is 82.7 Å². The highest BCUT2D eigenvalue weighted by molar-refractivity contribution is 5.95. The maximum Gasteiger partial charge on any atom is 0.410 e. The van der Waals surface area contributed by atoms with Gasteiger partial charge in [-0.05, 0) is 38.8 Å². The summed E-state index contributed by atoms with van der Waals surface area (Å²) >= 11 is 0. The first-order valence-corrected chi connectivity index (χ1v) is 9.76. The van der Waals surface area contributed by atoms with Crippen molar-refractivity contribution in [3.8, 4) is 0 Å². The Morgan fingerprint density at radius 1 is 1.30 bits per heavy atom. The van der Waals surface area contributed by atoms with Crippen molar-refractivity contribution < 1.29 is 14.3 Å². The Labute approximate surface area is 159 Å². The largest absolute Gasteiger partial charge is 0.441 e. The lowest BCUT2D eigenvalue weighted by Gasteiger charge is -2.37. The molecule has 1 N–H and O–H groups in total. The van der Waals surface area contributed by atoms with Crippen LogP contribution in [0.3, 0.4) is 0 Å². The number of pyridine rings is 1. The predicted octanol–water partition coefficient (Wildman–Crippen LogP) is 2.61. The van der Waals surface area contributed by atoms with Crippen molar-refractivity contribution in [1.82, 2.24) is 14.8 Å². The van der Waals surface area contributed by atoms with Crippen LogP contribution >= 0.6 is 0 Å². The summed E-state index contributed by atoms with van der Waals surface area (Å²) in [4.78, 5) is 43.6. The Kier molecular flexibility index (Phi) is 5.31. The van der Waals surface area contributed by atoms with E-state index in [1.807, 2.05) is 11.0 Å². The van der Waals surface area contributed by atoms with Crippen LogP contribution in [0.25, 0.3) is 0 Å². The molecule has 27 heavy (non-hydrogen) atoms. The number of ether oxygens (including phenoxy) is 1. The highest BCUT2D eigenvalue weighted by atomic mass is 16.6. The molecule has 1 atom stereocenters. The lowest BCUT2D eigenvalue weighted by Crippen LogP contribution is -2.50. The Hall–Kier alpha value is -2.31. The summed E-state index contributed by atoms with van der Waals surface area (Å²) in [5.41, 5.74) is 0.784. The van der Waals surface area contributed by atoms with E-state index in [0.29, 0.717) is 38.0 Å². The van der Waals surface area contributed by atoms with E-state index in [1.54, 1.807) is 18.7 Å². The van der Waals surface area contributed by atoms with Crippen molar-refractivity contribution in [2.75, 3.05) is 19.6 Å². The van der Waals surface area contributed by atoms with Crippen molar-refractivity contribution in [2.24, 2.45) is 0 Å². The van der Waals surface area contributed by atoms with Gasteiger partial charge >= 0.3 is 6.09 Å². The molecule has 2 saturated heterocycles. The summed E-state index contributed by atoms with van der Waals surface area (Å²) in [7, 11) is 0. The predicted molar refractivity (Wildman–Crippen MR) is 102 cm³/mol. The quantitative estimate of drug-likeness (QED) is 0.877. The first kappa shape index (κ1) is 19.5. The summed E-state index contributed by atoms with van der Waals surface area (Å²) in [6, 6.07) is 1.97. The molecule has 0 aromatic carbocycles. The fraction of sp³-hybridized carbons (Fsp3) is 0.650. The summed E-state index contributed by atoms with van der Waals surface area (Å²) in [5, 5.41) is 0. The van der Waals surface area contributed by atoms with E-state index < -0.39 is 5.60 Å². The third-order valence-corrected chi connectivity index (χ3v) is 5.78. The molecule has 2 fully saturated rings. The molecule has 7 heteroatoms. The van der Waals surface area contributed by atoms with Crippen molar-refractivity contribution in [1.29, 1.82) is 0 Å². The molecule has 7 nitrogen and oxygen atoms in total. The molecule has 1 aromatic heterocycles. The second-order valence-electron chi connectivity index (χ2n) is 7.95.